The van der Waals surface area contributed by atoms with E-state index in [0.717, 1.165) is 22.6 Å². The number of hydrogen-bond donors (Lipinski definition) is 2. The van der Waals surface area contributed by atoms with Crippen LogP contribution in [0.5, 0.6) is 5.75 Å². The molecule has 1 unspecified atom stereocenters. The van der Waals surface area contributed by atoms with E-state index in [2.05, 4.69) is 10.5 Å². The van der Waals surface area contributed by atoms with Crippen molar-refractivity contribution in [3.63, 3.8) is 0 Å². The first kappa shape index (κ1) is 18.9. The van der Waals surface area contributed by atoms with Gasteiger partial charge in [-0.05, 0) is 51.3 Å². The Kier molecular flexibility index (Phi) is 5.48. The summed E-state index contributed by atoms with van der Waals surface area (Å²) >= 11 is 0. The number of aryl methyl sites for hydroxylation is 3. The highest BCUT2D eigenvalue weighted by Gasteiger charge is 2.26. The first-order chi connectivity index (χ1) is 12.8. The molecule has 144 valence electrons. The minimum absolute atomic E-state index is 0.0303. The zero-order chi connectivity index (χ0) is 19.6. The maximum atomic E-state index is 12.5. The van der Waals surface area contributed by atoms with Gasteiger partial charge in [0.15, 0.2) is 0 Å². The molecule has 0 radical (unpaired) electrons. The number of nitrogens with zero attached hydrogens (tertiary/aromatic N) is 2. The van der Waals surface area contributed by atoms with Gasteiger partial charge in [0.2, 0.25) is 5.91 Å². The quantitative estimate of drug-likeness (QED) is 0.861. The van der Waals surface area contributed by atoms with Crippen LogP contribution >= 0.6 is 0 Å². The zero-order valence-electron chi connectivity index (χ0n) is 15.9. The maximum absolute atomic E-state index is 12.5. The molecular weight excluding hydrogens is 346 g/mol. The molecule has 1 aliphatic heterocycles. The maximum Gasteiger partial charge on any atom is 0.255 e. The summed E-state index contributed by atoms with van der Waals surface area (Å²) in [5.41, 5.74) is 2.88. The largest absolute Gasteiger partial charge is 0.507 e. The molecule has 1 saturated heterocycles. The summed E-state index contributed by atoms with van der Waals surface area (Å²) < 4.78 is 5.18. The lowest BCUT2D eigenvalue weighted by atomic mass is 10.1. The van der Waals surface area contributed by atoms with Crippen LogP contribution in [0.1, 0.15) is 52.2 Å². The topological polar surface area (TPSA) is 95.7 Å². The minimum atomic E-state index is -0.316. The summed E-state index contributed by atoms with van der Waals surface area (Å²) in [6.45, 7) is 6.58. The van der Waals surface area contributed by atoms with Gasteiger partial charge in [-0.1, -0.05) is 11.2 Å². The molecule has 27 heavy (non-hydrogen) atoms. The van der Waals surface area contributed by atoms with E-state index >= 15 is 0 Å². The average Bonchev–Trinajstić information content (AvgIpc) is 2.82. The van der Waals surface area contributed by atoms with Gasteiger partial charge in [0, 0.05) is 24.6 Å². The van der Waals surface area contributed by atoms with Crippen molar-refractivity contribution in [2.24, 2.45) is 0 Å². The molecule has 2 heterocycles. The van der Waals surface area contributed by atoms with Crippen molar-refractivity contribution in [2.45, 2.75) is 52.6 Å². The number of benzene rings is 1. The first-order valence-corrected chi connectivity index (χ1v) is 9.15. The van der Waals surface area contributed by atoms with Crippen molar-refractivity contribution < 1.29 is 19.2 Å². The van der Waals surface area contributed by atoms with E-state index in [4.69, 9.17) is 4.52 Å². The Bertz CT molecular complexity index is 839. The monoisotopic (exact) mass is 371 g/mol. The van der Waals surface area contributed by atoms with Crippen LogP contribution in [0.2, 0.25) is 0 Å². The van der Waals surface area contributed by atoms with Gasteiger partial charge < -0.3 is 19.8 Å². The molecule has 2 amide bonds. The van der Waals surface area contributed by atoms with Crippen LogP contribution in [0.25, 0.3) is 0 Å². The third kappa shape index (κ3) is 4.30. The summed E-state index contributed by atoms with van der Waals surface area (Å²) in [5.74, 6) is 0.440. The standard InChI is InChI=1S/C20H25N3O4/c1-12-4-6-16(18(24)10-12)20(26)21-15-5-7-19(25)23(9-8-15)11-17-13(2)22-27-14(17)3/h4,6,10,15,24H,5,7-9,11H2,1-3H3,(H,21,26). The third-order valence-electron chi connectivity index (χ3n) is 5.07. The summed E-state index contributed by atoms with van der Waals surface area (Å²) in [4.78, 5) is 26.7. The summed E-state index contributed by atoms with van der Waals surface area (Å²) in [5, 5.41) is 16.9. The third-order valence-corrected chi connectivity index (χ3v) is 5.07. The highest BCUT2D eigenvalue weighted by Crippen LogP contribution is 2.21. The summed E-state index contributed by atoms with van der Waals surface area (Å²) in [7, 11) is 0. The number of phenols is 1. The molecule has 1 atom stereocenters. The zero-order valence-corrected chi connectivity index (χ0v) is 15.9. The first-order valence-electron chi connectivity index (χ1n) is 9.15. The van der Waals surface area contributed by atoms with Gasteiger partial charge in [-0.25, -0.2) is 0 Å². The smallest absolute Gasteiger partial charge is 0.255 e. The minimum Gasteiger partial charge on any atom is -0.507 e. The number of likely N-dealkylation sites (tertiary alicyclic amines) is 1. The molecule has 2 aromatic rings. The number of carbonyl (C=O) groups is 2. The molecule has 0 aliphatic carbocycles. The fraction of sp³-hybridized carbons (Fsp3) is 0.450. The molecule has 7 nitrogen and oxygen atoms in total. The molecule has 7 heteroatoms. The Morgan fingerprint density at radius 1 is 1.33 bits per heavy atom. The highest BCUT2D eigenvalue weighted by atomic mass is 16.5. The molecule has 1 aromatic carbocycles. The summed E-state index contributed by atoms with van der Waals surface area (Å²) in [6.07, 6.45) is 1.61. The molecule has 2 N–H and O–H groups in total. The van der Waals surface area contributed by atoms with E-state index in [0.29, 0.717) is 32.4 Å². The van der Waals surface area contributed by atoms with E-state index < -0.39 is 0 Å². The van der Waals surface area contributed by atoms with Crippen LogP contribution in [0.15, 0.2) is 22.7 Å². The van der Waals surface area contributed by atoms with E-state index in [1.165, 1.54) is 0 Å². The molecule has 1 fully saturated rings. The molecule has 0 saturated carbocycles. The number of hydrogen-bond acceptors (Lipinski definition) is 5. The van der Waals surface area contributed by atoms with E-state index in [-0.39, 0.29) is 29.2 Å². The van der Waals surface area contributed by atoms with Gasteiger partial charge in [-0.3, -0.25) is 9.59 Å². The molecule has 1 aromatic heterocycles. The van der Waals surface area contributed by atoms with Crippen molar-refractivity contribution >= 4 is 11.8 Å². The lowest BCUT2D eigenvalue weighted by Gasteiger charge is -2.21. The fourth-order valence-corrected chi connectivity index (χ4v) is 3.36. The number of amides is 2. The van der Waals surface area contributed by atoms with Crippen LogP contribution in [-0.2, 0) is 11.3 Å². The lowest BCUT2D eigenvalue weighted by Crippen LogP contribution is -2.36. The number of phenolic OH excluding ortho intramolecular Hbond substituents is 1. The average molecular weight is 371 g/mol. The predicted molar refractivity (Wildman–Crippen MR) is 99.3 cm³/mol. The Morgan fingerprint density at radius 3 is 2.78 bits per heavy atom. The summed E-state index contributed by atoms with van der Waals surface area (Å²) in [6, 6.07) is 4.86. The number of rotatable bonds is 4. The van der Waals surface area contributed by atoms with Crippen molar-refractivity contribution in [3.8, 4) is 5.75 Å². The van der Waals surface area contributed by atoms with Crippen LogP contribution in [-0.4, -0.2) is 39.6 Å². The predicted octanol–water partition coefficient (Wildman–Crippen LogP) is 2.62. The van der Waals surface area contributed by atoms with Crippen molar-refractivity contribution in [1.29, 1.82) is 0 Å². The highest BCUT2D eigenvalue weighted by molar-refractivity contribution is 5.97. The Balaban J connectivity index is 1.63. The Hall–Kier alpha value is -2.83. The van der Waals surface area contributed by atoms with Crippen molar-refractivity contribution in [2.75, 3.05) is 6.54 Å². The number of carbonyl (C=O) groups excluding carboxylic acids is 2. The van der Waals surface area contributed by atoms with Gasteiger partial charge >= 0.3 is 0 Å². The Morgan fingerprint density at radius 2 is 2.11 bits per heavy atom. The van der Waals surface area contributed by atoms with Crippen LogP contribution < -0.4 is 5.32 Å². The van der Waals surface area contributed by atoms with E-state index in [1.807, 2.05) is 20.8 Å². The fourth-order valence-electron chi connectivity index (χ4n) is 3.36. The van der Waals surface area contributed by atoms with Gasteiger partial charge in [0.25, 0.3) is 5.91 Å². The van der Waals surface area contributed by atoms with Gasteiger partial charge in [0.05, 0.1) is 17.8 Å². The van der Waals surface area contributed by atoms with E-state index in [9.17, 15) is 14.7 Å². The van der Waals surface area contributed by atoms with Crippen LogP contribution in [0.4, 0.5) is 0 Å². The molecular formula is C20H25N3O4. The van der Waals surface area contributed by atoms with Gasteiger partial charge in [-0.15, -0.1) is 0 Å². The van der Waals surface area contributed by atoms with Crippen molar-refractivity contribution in [1.82, 2.24) is 15.4 Å². The second kappa shape index (κ2) is 7.82. The SMILES string of the molecule is Cc1ccc(C(=O)NC2CCC(=O)N(Cc3c(C)noc3C)CC2)c(O)c1. The number of aromatic hydroxyl groups is 1. The van der Waals surface area contributed by atoms with Crippen LogP contribution in [0, 0.1) is 20.8 Å². The molecule has 3 rings (SSSR count). The number of nitrogens with one attached hydrogen (secondary N) is 1. The lowest BCUT2D eigenvalue weighted by molar-refractivity contribution is -0.131. The van der Waals surface area contributed by atoms with E-state index in [1.54, 1.807) is 23.1 Å². The van der Waals surface area contributed by atoms with Gasteiger partial charge in [-0.2, -0.15) is 0 Å². The molecule has 0 spiro atoms. The second-order valence-corrected chi connectivity index (χ2v) is 7.14. The van der Waals surface area contributed by atoms with Crippen molar-refractivity contribution in [3.05, 3.63) is 46.3 Å². The van der Waals surface area contributed by atoms with Gasteiger partial charge in [0.1, 0.15) is 11.5 Å². The second-order valence-electron chi connectivity index (χ2n) is 7.14. The number of aromatic nitrogens is 1. The van der Waals surface area contributed by atoms with Crippen LogP contribution in [0.3, 0.4) is 0 Å². The molecule has 1 aliphatic rings. The molecule has 0 bridgehead atoms. The normalized spacial score (nSPS) is 17.7. The Labute approximate surface area is 158 Å².